The van der Waals surface area contributed by atoms with Crippen molar-refractivity contribution < 1.29 is 9.13 Å². The molecule has 1 atom stereocenters. The number of para-hydroxylation sites is 1. The van der Waals surface area contributed by atoms with Crippen LogP contribution in [0.1, 0.15) is 24.1 Å². The van der Waals surface area contributed by atoms with Gasteiger partial charge in [-0.2, -0.15) is 5.26 Å². The molecular weight excluding hydrogens is 243 g/mol. The third kappa shape index (κ3) is 2.72. The maximum Gasteiger partial charge on any atom is 0.145 e. The van der Waals surface area contributed by atoms with Crippen LogP contribution in [0.5, 0.6) is 11.5 Å². The molecule has 0 aromatic heterocycles. The van der Waals surface area contributed by atoms with Gasteiger partial charge in [-0.25, -0.2) is 4.39 Å². The summed E-state index contributed by atoms with van der Waals surface area (Å²) in [6.07, 6.45) is 0. The van der Waals surface area contributed by atoms with Gasteiger partial charge in [0.15, 0.2) is 0 Å². The lowest BCUT2D eigenvalue weighted by Gasteiger charge is -2.15. The Morgan fingerprint density at radius 1 is 1.16 bits per heavy atom. The minimum absolute atomic E-state index is 0.301. The fraction of sp³-hybridized carbons (Fsp3) is 0.133. The van der Waals surface area contributed by atoms with E-state index in [4.69, 9.17) is 15.7 Å². The molecule has 0 unspecified atom stereocenters. The van der Waals surface area contributed by atoms with E-state index in [1.54, 1.807) is 43.3 Å². The summed E-state index contributed by atoms with van der Waals surface area (Å²) >= 11 is 0. The van der Waals surface area contributed by atoms with Crippen molar-refractivity contribution in [1.29, 1.82) is 5.26 Å². The Labute approximate surface area is 111 Å². The van der Waals surface area contributed by atoms with E-state index >= 15 is 0 Å². The van der Waals surface area contributed by atoms with Gasteiger partial charge in [0.1, 0.15) is 23.4 Å². The van der Waals surface area contributed by atoms with Gasteiger partial charge in [-0.15, -0.1) is 0 Å². The van der Waals surface area contributed by atoms with Crippen LogP contribution in [-0.4, -0.2) is 0 Å². The van der Waals surface area contributed by atoms with Crippen LogP contribution < -0.4 is 10.5 Å². The Morgan fingerprint density at radius 2 is 1.84 bits per heavy atom. The summed E-state index contributed by atoms with van der Waals surface area (Å²) in [6, 6.07) is 12.8. The summed E-state index contributed by atoms with van der Waals surface area (Å²) in [5, 5.41) is 9.00. The topological polar surface area (TPSA) is 59.0 Å². The molecule has 0 aliphatic heterocycles. The highest BCUT2D eigenvalue weighted by molar-refractivity contribution is 5.47. The molecule has 0 amide bonds. The fourth-order valence-corrected chi connectivity index (χ4v) is 1.81. The van der Waals surface area contributed by atoms with E-state index in [2.05, 4.69) is 0 Å². The number of hydrogen-bond donors (Lipinski definition) is 1. The molecule has 0 saturated carbocycles. The summed E-state index contributed by atoms with van der Waals surface area (Å²) in [6.45, 7) is 1.68. The Morgan fingerprint density at radius 3 is 2.53 bits per heavy atom. The average Bonchev–Trinajstić information content (AvgIpc) is 2.39. The number of nitriles is 1. The predicted molar refractivity (Wildman–Crippen MR) is 70.2 cm³/mol. The molecule has 0 aliphatic carbocycles. The maximum atomic E-state index is 13.8. The maximum absolute atomic E-state index is 13.8. The van der Waals surface area contributed by atoms with Crippen molar-refractivity contribution >= 4 is 0 Å². The molecule has 3 nitrogen and oxygen atoms in total. The highest BCUT2D eigenvalue weighted by Gasteiger charge is 2.15. The van der Waals surface area contributed by atoms with Gasteiger partial charge < -0.3 is 10.5 Å². The molecule has 0 saturated heterocycles. The number of halogens is 1. The third-order valence-electron chi connectivity index (χ3n) is 2.70. The third-order valence-corrected chi connectivity index (χ3v) is 2.70. The Kier molecular flexibility index (Phi) is 3.79. The fourth-order valence-electron chi connectivity index (χ4n) is 1.81. The smallest absolute Gasteiger partial charge is 0.145 e. The summed E-state index contributed by atoms with van der Waals surface area (Å²) in [7, 11) is 0. The van der Waals surface area contributed by atoms with Crippen LogP contribution in [0.2, 0.25) is 0 Å². The Bertz CT molecular complexity index is 632. The summed E-state index contributed by atoms with van der Waals surface area (Å²) < 4.78 is 19.4. The van der Waals surface area contributed by atoms with E-state index in [1.807, 2.05) is 6.07 Å². The van der Waals surface area contributed by atoms with Crippen molar-refractivity contribution in [2.24, 2.45) is 5.73 Å². The highest BCUT2D eigenvalue weighted by Crippen LogP contribution is 2.32. The molecule has 0 heterocycles. The lowest BCUT2D eigenvalue weighted by atomic mass is 10.1. The first-order chi connectivity index (χ1) is 9.13. The second-order valence-corrected chi connectivity index (χ2v) is 4.15. The van der Waals surface area contributed by atoms with Gasteiger partial charge in [0.25, 0.3) is 0 Å². The summed E-state index contributed by atoms with van der Waals surface area (Å²) in [5.41, 5.74) is 6.45. The first kappa shape index (κ1) is 13.1. The largest absolute Gasteiger partial charge is 0.456 e. The predicted octanol–water partition coefficient (Wildman–Crippen LogP) is 3.51. The zero-order valence-corrected chi connectivity index (χ0v) is 10.4. The van der Waals surface area contributed by atoms with Crippen LogP contribution in [0.4, 0.5) is 4.39 Å². The molecule has 2 aromatic carbocycles. The first-order valence-corrected chi connectivity index (χ1v) is 5.84. The number of hydrogen-bond acceptors (Lipinski definition) is 3. The molecule has 96 valence electrons. The van der Waals surface area contributed by atoms with Gasteiger partial charge in [-0.1, -0.05) is 18.2 Å². The first-order valence-electron chi connectivity index (χ1n) is 5.84. The van der Waals surface area contributed by atoms with E-state index < -0.39 is 11.9 Å². The Hall–Kier alpha value is -2.38. The number of ether oxygens (including phenoxy) is 1. The molecule has 0 bridgehead atoms. The minimum Gasteiger partial charge on any atom is -0.456 e. The van der Waals surface area contributed by atoms with Crippen molar-refractivity contribution in [3.8, 4) is 17.6 Å². The van der Waals surface area contributed by atoms with Crippen molar-refractivity contribution in [3.63, 3.8) is 0 Å². The second-order valence-electron chi connectivity index (χ2n) is 4.15. The quantitative estimate of drug-likeness (QED) is 0.914. The van der Waals surface area contributed by atoms with Crippen LogP contribution in [0, 0.1) is 17.1 Å². The molecule has 0 radical (unpaired) electrons. The van der Waals surface area contributed by atoms with Crippen LogP contribution in [0.15, 0.2) is 42.5 Å². The molecule has 4 heteroatoms. The normalized spacial score (nSPS) is 11.7. The molecule has 0 fully saturated rings. The van der Waals surface area contributed by atoms with E-state index in [1.165, 1.54) is 6.07 Å². The standard InChI is InChI=1S/C15H13FN2O/c1-10(18)15-12(16)6-4-8-14(15)19-13-7-3-2-5-11(13)9-17/h2-8,10H,18H2,1H3/t10-/m0/s1. The van der Waals surface area contributed by atoms with Crippen LogP contribution in [0.25, 0.3) is 0 Å². The summed E-state index contributed by atoms with van der Waals surface area (Å²) in [5.74, 6) is 0.303. The molecule has 0 spiro atoms. The number of nitrogens with two attached hydrogens (primary N) is 1. The van der Waals surface area contributed by atoms with Crippen molar-refractivity contribution in [1.82, 2.24) is 0 Å². The van der Waals surface area contributed by atoms with E-state index in [0.717, 1.165) is 0 Å². The molecule has 2 aromatic rings. The van der Waals surface area contributed by atoms with E-state index in [9.17, 15) is 4.39 Å². The average molecular weight is 256 g/mol. The number of nitrogens with zero attached hydrogens (tertiary/aromatic N) is 1. The number of benzene rings is 2. The second kappa shape index (κ2) is 5.51. The molecule has 2 rings (SSSR count). The Balaban J connectivity index is 2.45. The zero-order chi connectivity index (χ0) is 13.8. The van der Waals surface area contributed by atoms with Crippen molar-refractivity contribution in [2.75, 3.05) is 0 Å². The molecule has 19 heavy (non-hydrogen) atoms. The van der Waals surface area contributed by atoms with Crippen molar-refractivity contribution in [3.05, 3.63) is 59.4 Å². The lowest BCUT2D eigenvalue weighted by Crippen LogP contribution is -2.09. The minimum atomic E-state index is -0.495. The van der Waals surface area contributed by atoms with Crippen LogP contribution >= 0.6 is 0 Å². The van der Waals surface area contributed by atoms with Gasteiger partial charge in [0, 0.05) is 11.6 Å². The summed E-state index contributed by atoms with van der Waals surface area (Å²) in [4.78, 5) is 0. The molecule has 0 aliphatic rings. The molecule has 2 N–H and O–H groups in total. The van der Waals surface area contributed by atoms with Crippen LogP contribution in [0.3, 0.4) is 0 Å². The van der Waals surface area contributed by atoms with Gasteiger partial charge in [-0.05, 0) is 31.2 Å². The zero-order valence-electron chi connectivity index (χ0n) is 10.4. The number of rotatable bonds is 3. The monoisotopic (exact) mass is 256 g/mol. The van der Waals surface area contributed by atoms with Gasteiger partial charge in [0.05, 0.1) is 5.56 Å². The van der Waals surface area contributed by atoms with Gasteiger partial charge >= 0.3 is 0 Å². The van der Waals surface area contributed by atoms with Crippen molar-refractivity contribution in [2.45, 2.75) is 13.0 Å². The SMILES string of the molecule is C[C@H](N)c1c(F)cccc1Oc1ccccc1C#N. The van der Waals surface area contributed by atoms with Gasteiger partial charge in [0.2, 0.25) is 0 Å². The highest BCUT2D eigenvalue weighted by atomic mass is 19.1. The van der Waals surface area contributed by atoms with Crippen LogP contribution in [-0.2, 0) is 0 Å². The van der Waals surface area contributed by atoms with E-state index in [-0.39, 0.29) is 0 Å². The van der Waals surface area contributed by atoms with E-state index in [0.29, 0.717) is 22.6 Å². The molecular formula is C15H13FN2O. The lowest BCUT2D eigenvalue weighted by molar-refractivity contribution is 0.459. The van der Waals surface area contributed by atoms with Gasteiger partial charge in [-0.3, -0.25) is 0 Å².